The lowest BCUT2D eigenvalue weighted by Crippen LogP contribution is -2.23. The van der Waals surface area contributed by atoms with E-state index < -0.39 is 0 Å². The molecule has 0 unspecified atom stereocenters. The molecule has 0 N–H and O–H groups in total. The molecule has 0 saturated carbocycles. The largest absolute Gasteiger partial charge is 0.494 e. The standard InChI is InChI=1S/C22H22N6O2S2/c1-14-9-10-18(15(2)11-14)27(16(3)29)21-23-17(12-31-21)13-32-22-24-25-26-28(22)19-7-5-6-8-20(19)30-4/h5-12H,13H2,1-4H3. The number of aromatic nitrogens is 5. The lowest BCUT2D eigenvalue weighted by atomic mass is 10.1. The number of para-hydroxylation sites is 2. The lowest BCUT2D eigenvalue weighted by molar-refractivity contribution is -0.115. The highest BCUT2D eigenvalue weighted by Crippen LogP contribution is 2.33. The molecule has 2 heterocycles. The van der Waals surface area contributed by atoms with Gasteiger partial charge >= 0.3 is 0 Å². The molecule has 32 heavy (non-hydrogen) atoms. The Morgan fingerprint density at radius 2 is 2.03 bits per heavy atom. The number of tetrazole rings is 1. The van der Waals surface area contributed by atoms with Crippen LogP contribution in [0.15, 0.2) is 53.0 Å². The van der Waals surface area contributed by atoms with Gasteiger partial charge in [-0.15, -0.1) is 16.4 Å². The molecule has 10 heteroatoms. The van der Waals surface area contributed by atoms with Crippen LogP contribution in [-0.2, 0) is 10.5 Å². The van der Waals surface area contributed by atoms with Gasteiger partial charge in [-0.1, -0.05) is 41.6 Å². The summed E-state index contributed by atoms with van der Waals surface area (Å²) in [6.07, 6.45) is 0. The van der Waals surface area contributed by atoms with Crippen LogP contribution in [0.4, 0.5) is 10.8 Å². The summed E-state index contributed by atoms with van der Waals surface area (Å²) < 4.78 is 7.07. The van der Waals surface area contributed by atoms with E-state index in [1.165, 1.54) is 23.1 Å². The van der Waals surface area contributed by atoms with Crippen LogP contribution >= 0.6 is 23.1 Å². The predicted octanol–water partition coefficient (Wildman–Crippen LogP) is 4.72. The Bertz CT molecular complexity index is 1250. The number of ether oxygens (including phenoxy) is 1. The number of amides is 1. The first kappa shape index (κ1) is 22.0. The van der Waals surface area contributed by atoms with Gasteiger partial charge in [0.2, 0.25) is 11.1 Å². The highest BCUT2D eigenvalue weighted by atomic mass is 32.2. The van der Waals surface area contributed by atoms with Crippen molar-refractivity contribution in [1.29, 1.82) is 0 Å². The SMILES string of the molecule is COc1ccccc1-n1nnnc1SCc1csc(N(C(C)=O)c2ccc(C)cc2C)n1. The van der Waals surface area contributed by atoms with Crippen LogP contribution in [0.2, 0.25) is 0 Å². The van der Waals surface area contributed by atoms with E-state index in [1.807, 2.05) is 55.6 Å². The van der Waals surface area contributed by atoms with Crippen LogP contribution < -0.4 is 9.64 Å². The minimum atomic E-state index is -0.0781. The molecular formula is C22H22N6O2S2. The molecule has 0 spiro atoms. The summed E-state index contributed by atoms with van der Waals surface area (Å²) in [5.41, 5.74) is 4.64. The van der Waals surface area contributed by atoms with Crippen molar-refractivity contribution in [2.45, 2.75) is 31.7 Å². The van der Waals surface area contributed by atoms with Crippen LogP contribution in [0.5, 0.6) is 5.75 Å². The Morgan fingerprint density at radius 1 is 1.22 bits per heavy atom. The maximum Gasteiger partial charge on any atom is 0.230 e. The molecule has 0 saturated heterocycles. The molecule has 0 aliphatic heterocycles. The number of anilines is 2. The van der Waals surface area contributed by atoms with E-state index in [2.05, 4.69) is 21.6 Å². The molecule has 0 fully saturated rings. The lowest BCUT2D eigenvalue weighted by Gasteiger charge is -2.20. The van der Waals surface area contributed by atoms with Crippen LogP contribution in [0.1, 0.15) is 23.7 Å². The van der Waals surface area contributed by atoms with E-state index in [0.717, 1.165) is 28.2 Å². The smallest absolute Gasteiger partial charge is 0.230 e. The molecule has 0 bridgehead atoms. The first-order valence-corrected chi connectivity index (χ1v) is 11.7. The number of carbonyl (C=O) groups excluding carboxylic acids is 1. The molecule has 2 aromatic carbocycles. The number of methoxy groups -OCH3 is 1. The zero-order chi connectivity index (χ0) is 22.7. The monoisotopic (exact) mass is 466 g/mol. The number of thioether (sulfide) groups is 1. The number of nitrogens with zero attached hydrogens (tertiary/aromatic N) is 6. The highest BCUT2D eigenvalue weighted by Gasteiger charge is 2.20. The molecule has 0 aliphatic carbocycles. The molecule has 0 radical (unpaired) electrons. The topological polar surface area (TPSA) is 86.0 Å². The Kier molecular flexibility index (Phi) is 6.52. The van der Waals surface area contributed by atoms with Crippen molar-refractivity contribution >= 4 is 39.8 Å². The number of benzene rings is 2. The van der Waals surface area contributed by atoms with Gasteiger partial charge in [0.1, 0.15) is 11.4 Å². The predicted molar refractivity (Wildman–Crippen MR) is 126 cm³/mol. The minimum Gasteiger partial charge on any atom is -0.494 e. The van der Waals surface area contributed by atoms with Crippen molar-refractivity contribution in [3.05, 3.63) is 64.7 Å². The van der Waals surface area contributed by atoms with Crippen LogP contribution in [0.25, 0.3) is 5.69 Å². The Morgan fingerprint density at radius 3 is 2.78 bits per heavy atom. The molecule has 0 atom stereocenters. The fourth-order valence-corrected chi connectivity index (χ4v) is 5.05. The molecule has 8 nitrogen and oxygen atoms in total. The summed E-state index contributed by atoms with van der Waals surface area (Å²) in [4.78, 5) is 18.8. The van der Waals surface area contributed by atoms with Crippen LogP contribution in [-0.4, -0.2) is 38.2 Å². The fourth-order valence-electron chi connectivity index (χ4n) is 3.29. The maximum absolute atomic E-state index is 12.4. The molecule has 0 aliphatic rings. The summed E-state index contributed by atoms with van der Waals surface area (Å²) in [5, 5.41) is 15.3. The van der Waals surface area contributed by atoms with Crippen LogP contribution in [0.3, 0.4) is 0 Å². The van der Waals surface area contributed by atoms with E-state index in [0.29, 0.717) is 21.8 Å². The molecule has 2 aromatic heterocycles. The third-order valence-electron chi connectivity index (χ3n) is 4.74. The zero-order valence-corrected chi connectivity index (χ0v) is 19.8. The molecule has 164 valence electrons. The maximum atomic E-state index is 12.4. The van der Waals surface area contributed by atoms with E-state index in [1.54, 1.807) is 23.6 Å². The molecular weight excluding hydrogens is 444 g/mol. The normalized spacial score (nSPS) is 10.9. The Balaban J connectivity index is 1.54. The van der Waals surface area contributed by atoms with Crippen molar-refractivity contribution in [2.24, 2.45) is 0 Å². The van der Waals surface area contributed by atoms with Gasteiger partial charge < -0.3 is 4.74 Å². The summed E-state index contributed by atoms with van der Waals surface area (Å²) >= 11 is 2.91. The van der Waals surface area contributed by atoms with Gasteiger partial charge in [0.05, 0.1) is 18.5 Å². The summed E-state index contributed by atoms with van der Waals surface area (Å²) in [6.45, 7) is 5.59. The van der Waals surface area contributed by atoms with Crippen molar-refractivity contribution in [2.75, 3.05) is 12.0 Å². The van der Waals surface area contributed by atoms with Gasteiger partial charge in [-0.05, 0) is 48.0 Å². The van der Waals surface area contributed by atoms with Crippen molar-refractivity contribution in [1.82, 2.24) is 25.2 Å². The first-order chi connectivity index (χ1) is 15.5. The number of carbonyl (C=O) groups is 1. The third-order valence-corrected chi connectivity index (χ3v) is 6.57. The zero-order valence-electron chi connectivity index (χ0n) is 18.1. The van der Waals surface area contributed by atoms with Crippen molar-refractivity contribution < 1.29 is 9.53 Å². The van der Waals surface area contributed by atoms with Gasteiger partial charge in [0, 0.05) is 18.1 Å². The van der Waals surface area contributed by atoms with E-state index >= 15 is 0 Å². The van der Waals surface area contributed by atoms with Crippen LogP contribution in [0, 0.1) is 13.8 Å². The number of thiazole rings is 1. The third kappa shape index (κ3) is 4.51. The van der Waals surface area contributed by atoms with Crippen molar-refractivity contribution in [3.8, 4) is 11.4 Å². The average molecular weight is 467 g/mol. The molecule has 4 aromatic rings. The second kappa shape index (κ2) is 9.49. The van der Waals surface area contributed by atoms with Gasteiger partial charge in [0.25, 0.3) is 0 Å². The van der Waals surface area contributed by atoms with Gasteiger partial charge in [0.15, 0.2) is 5.13 Å². The van der Waals surface area contributed by atoms with Gasteiger partial charge in [-0.2, -0.15) is 4.68 Å². The minimum absolute atomic E-state index is 0.0781. The average Bonchev–Trinajstić information content (AvgIpc) is 3.43. The van der Waals surface area contributed by atoms with E-state index in [9.17, 15) is 4.79 Å². The Labute approximate surface area is 194 Å². The van der Waals surface area contributed by atoms with Gasteiger partial charge in [-0.3, -0.25) is 9.69 Å². The second-order valence-electron chi connectivity index (χ2n) is 7.10. The molecule has 4 rings (SSSR count). The fraction of sp³-hybridized carbons (Fsp3) is 0.227. The first-order valence-electron chi connectivity index (χ1n) is 9.85. The summed E-state index contributed by atoms with van der Waals surface area (Å²) in [5.74, 6) is 1.17. The van der Waals surface area contributed by atoms with Crippen molar-refractivity contribution in [3.63, 3.8) is 0 Å². The number of rotatable bonds is 7. The molecule has 1 amide bonds. The van der Waals surface area contributed by atoms with E-state index in [-0.39, 0.29) is 5.91 Å². The quantitative estimate of drug-likeness (QED) is 0.364. The Hall–Kier alpha value is -3.24. The van der Waals surface area contributed by atoms with E-state index in [4.69, 9.17) is 9.72 Å². The van der Waals surface area contributed by atoms with Gasteiger partial charge in [-0.25, -0.2) is 4.98 Å². The summed E-state index contributed by atoms with van der Waals surface area (Å²) in [7, 11) is 1.61. The number of hydrogen-bond donors (Lipinski definition) is 0. The number of aryl methyl sites for hydroxylation is 2. The second-order valence-corrected chi connectivity index (χ2v) is 8.88. The number of hydrogen-bond acceptors (Lipinski definition) is 8. The highest BCUT2D eigenvalue weighted by molar-refractivity contribution is 7.98. The summed E-state index contributed by atoms with van der Waals surface area (Å²) in [6, 6.07) is 13.6.